The lowest BCUT2D eigenvalue weighted by atomic mass is 10.2. The Morgan fingerprint density at radius 1 is 0.971 bits per heavy atom. The van der Waals surface area contributed by atoms with E-state index < -0.39 is 22.9 Å². The largest absolute Gasteiger partial charge is 0.497 e. The summed E-state index contributed by atoms with van der Waals surface area (Å²) in [7, 11) is 0.774. The van der Waals surface area contributed by atoms with E-state index in [1.165, 1.54) is 0 Å². The normalized spacial score (nSPS) is 13.0. The summed E-state index contributed by atoms with van der Waals surface area (Å²) in [5.41, 5.74) is 3.04. The molecule has 0 heterocycles. The van der Waals surface area contributed by atoms with Gasteiger partial charge in [-0.1, -0.05) is 83.0 Å². The van der Waals surface area contributed by atoms with Crippen molar-refractivity contribution < 1.29 is 24.1 Å². The molecule has 0 aliphatic heterocycles. The van der Waals surface area contributed by atoms with Gasteiger partial charge < -0.3 is 19.3 Å². The van der Waals surface area contributed by atoms with Gasteiger partial charge in [-0.25, -0.2) is 4.79 Å². The number of methoxy groups -OCH3 is 1. The first-order valence-electron chi connectivity index (χ1n) is 11.3. The second-order valence-corrected chi connectivity index (χ2v) is 9.55. The van der Waals surface area contributed by atoms with Gasteiger partial charge >= 0.3 is 6.09 Å². The number of ether oxygens (including phenoxy) is 3. The van der Waals surface area contributed by atoms with Crippen LogP contribution in [0.2, 0.25) is 0 Å². The van der Waals surface area contributed by atoms with Crippen LogP contribution in [0, 0.1) is 6.92 Å². The van der Waals surface area contributed by atoms with Gasteiger partial charge in [0, 0.05) is 10.6 Å². The van der Waals surface area contributed by atoms with Gasteiger partial charge in [-0.2, -0.15) is 0 Å². The van der Waals surface area contributed by atoms with Crippen molar-refractivity contribution in [3.05, 3.63) is 108 Å². The highest BCUT2D eigenvalue weighted by Crippen LogP contribution is 2.14. The number of aliphatic hydroxyl groups excluding tert-OH is 1. The summed E-state index contributed by atoms with van der Waals surface area (Å²) in [6, 6.07) is 24.9. The molecule has 6 nitrogen and oxygen atoms in total. The highest BCUT2D eigenvalue weighted by Gasteiger charge is 2.11. The molecule has 184 valence electrons. The Labute approximate surface area is 209 Å². The van der Waals surface area contributed by atoms with E-state index in [1.807, 2.05) is 85.8 Å². The molecule has 1 N–H and O–H groups in total. The molecular formula is C28H31NO5S. The van der Waals surface area contributed by atoms with Crippen molar-refractivity contribution in [3.63, 3.8) is 0 Å². The Hall–Kier alpha value is -3.26. The summed E-state index contributed by atoms with van der Waals surface area (Å²) in [5, 5.41) is 10.6. The van der Waals surface area contributed by atoms with Crippen molar-refractivity contribution >= 4 is 16.8 Å². The van der Waals surface area contributed by atoms with Crippen LogP contribution in [-0.2, 0) is 33.4 Å². The van der Waals surface area contributed by atoms with Gasteiger partial charge in [-0.15, -0.1) is 4.36 Å². The van der Waals surface area contributed by atoms with Crippen molar-refractivity contribution in [3.8, 4) is 5.75 Å². The molecule has 35 heavy (non-hydrogen) atoms. The van der Waals surface area contributed by atoms with Crippen LogP contribution >= 0.6 is 0 Å². The molecule has 3 aromatic carbocycles. The Morgan fingerprint density at radius 2 is 1.66 bits per heavy atom. The average Bonchev–Trinajstić information content (AvgIpc) is 2.88. The summed E-state index contributed by atoms with van der Waals surface area (Å²) >= 11 is 0. The number of hydrogen-bond donors (Lipinski definition) is 1. The Kier molecular flexibility index (Phi) is 10.7. The number of rotatable bonds is 11. The molecule has 0 bridgehead atoms. The fraction of sp³-hybridized carbons (Fsp3) is 0.250. The monoisotopic (exact) mass is 493 g/mol. The van der Waals surface area contributed by atoms with Crippen molar-refractivity contribution in [2.45, 2.75) is 31.1 Å². The lowest BCUT2D eigenvalue weighted by Gasteiger charge is -2.12. The van der Waals surface area contributed by atoms with Crippen LogP contribution in [0.5, 0.6) is 5.75 Å². The third kappa shape index (κ3) is 9.48. The molecule has 3 aromatic rings. The van der Waals surface area contributed by atoms with E-state index in [9.17, 15) is 9.90 Å². The maximum absolute atomic E-state index is 12.4. The number of carbonyl (C=O) groups is 1. The van der Waals surface area contributed by atoms with Gasteiger partial charge in [0.1, 0.15) is 12.4 Å². The number of aliphatic hydroxyl groups is 1. The van der Waals surface area contributed by atoms with E-state index in [2.05, 4.69) is 4.36 Å². The first kappa shape index (κ1) is 26.3. The zero-order valence-corrected chi connectivity index (χ0v) is 20.8. The third-order valence-corrected chi connectivity index (χ3v) is 6.85. The first-order valence-corrected chi connectivity index (χ1v) is 12.6. The number of nitrogens with zero attached hydrogens (tertiary/aromatic N) is 1. The van der Waals surface area contributed by atoms with Gasteiger partial charge in [0.15, 0.2) is 0 Å². The summed E-state index contributed by atoms with van der Waals surface area (Å²) < 4.78 is 20.4. The number of hydrogen-bond acceptors (Lipinski definition) is 5. The highest BCUT2D eigenvalue weighted by molar-refractivity contribution is 7.87. The Bertz CT molecular complexity index is 1110. The van der Waals surface area contributed by atoms with E-state index in [4.69, 9.17) is 14.2 Å². The molecule has 3 rings (SSSR count). The van der Waals surface area contributed by atoms with E-state index >= 15 is 0 Å². The number of aryl methyl sites for hydroxylation is 1. The summed E-state index contributed by atoms with van der Waals surface area (Å²) in [5.74, 6) is 1.08. The van der Waals surface area contributed by atoms with Crippen LogP contribution in [0.1, 0.15) is 16.7 Å². The van der Waals surface area contributed by atoms with Crippen LogP contribution in [0.15, 0.2) is 100 Å². The molecule has 0 fully saturated rings. The van der Waals surface area contributed by atoms with Gasteiger partial charge in [0.25, 0.3) is 0 Å². The van der Waals surface area contributed by atoms with Crippen LogP contribution in [0.4, 0.5) is 4.79 Å². The van der Waals surface area contributed by atoms with Crippen molar-refractivity contribution in [2.24, 2.45) is 4.36 Å². The molecule has 0 aromatic heterocycles. The minimum Gasteiger partial charge on any atom is -0.497 e. The summed E-state index contributed by atoms with van der Waals surface area (Å²) in [6.07, 6.45) is 2.03. The second-order valence-electron chi connectivity index (χ2n) is 7.83. The fourth-order valence-corrected chi connectivity index (χ4v) is 4.60. The third-order valence-electron chi connectivity index (χ3n) is 5.01. The predicted molar refractivity (Wildman–Crippen MR) is 139 cm³/mol. The first-order chi connectivity index (χ1) is 17.0. The minimum absolute atomic E-state index is 0.155. The number of benzene rings is 3. The zero-order chi connectivity index (χ0) is 24.9. The number of carbonyl (C=O) groups excluding carboxylic acids is 1. The molecule has 2 atom stereocenters. The number of amides is 1. The fourth-order valence-electron chi connectivity index (χ4n) is 3.11. The summed E-state index contributed by atoms with van der Waals surface area (Å²) in [6.45, 7) is 2.97. The van der Waals surface area contributed by atoms with Gasteiger partial charge in [0.2, 0.25) is 0 Å². The van der Waals surface area contributed by atoms with Gasteiger partial charge in [-0.3, -0.25) is 0 Å². The Balaban J connectivity index is 1.55. The second kappa shape index (κ2) is 14.2. The molecular weight excluding hydrogens is 462 g/mol. The van der Waals surface area contributed by atoms with Crippen LogP contribution < -0.4 is 4.74 Å². The average molecular weight is 494 g/mol. The zero-order valence-electron chi connectivity index (χ0n) is 20.0. The minimum atomic E-state index is -0.858. The molecule has 0 saturated carbocycles. The lowest BCUT2D eigenvalue weighted by Crippen LogP contribution is -2.16. The van der Waals surface area contributed by atoms with E-state index in [-0.39, 0.29) is 12.4 Å². The van der Waals surface area contributed by atoms with E-state index in [0.29, 0.717) is 13.2 Å². The lowest BCUT2D eigenvalue weighted by molar-refractivity contribution is 0.147. The topological polar surface area (TPSA) is 77.4 Å². The molecule has 7 heteroatoms. The molecule has 1 amide bonds. The van der Waals surface area contributed by atoms with Crippen LogP contribution in [0.25, 0.3) is 0 Å². The maximum Gasteiger partial charge on any atom is 0.440 e. The van der Waals surface area contributed by atoms with Gasteiger partial charge in [-0.05, 0) is 42.3 Å². The molecule has 0 aliphatic rings. The maximum atomic E-state index is 12.4. The standard InChI is InChI=1S/C28H31NO5S/c1-22-10-16-27(17-11-22)35(29-28(31)34-20-23-7-4-3-5-8-23)21-25(30)9-6-18-33-19-24-12-14-26(32-2)15-13-24/h3-17,25,30H,18-21H2,1-2H3/b9-6+/t25-,35+/m0/s1. The predicted octanol–water partition coefficient (Wildman–Crippen LogP) is 5.64. The molecule has 0 saturated heterocycles. The summed E-state index contributed by atoms with van der Waals surface area (Å²) in [4.78, 5) is 13.3. The molecule has 0 spiro atoms. The SMILES string of the molecule is COc1ccc(COC/C=C/[C@H](O)C/[S@@](=N\C(=O)OCc2ccccc2)c2ccc(C)cc2)cc1. The van der Waals surface area contributed by atoms with Crippen molar-refractivity contribution in [1.82, 2.24) is 0 Å². The van der Waals surface area contributed by atoms with E-state index in [0.717, 1.165) is 27.3 Å². The Morgan fingerprint density at radius 3 is 2.34 bits per heavy atom. The van der Waals surface area contributed by atoms with Crippen molar-refractivity contribution in [2.75, 3.05) is 19.5 Å². The smallest absolute Gasteiger partial charge is 0.440 e. The van der Waals surface area contributed by atoms with Gasteiger partial charge in [0.05, 0.1) is 26.4 Å². The van der Waals surface area contributed by atoms with Crippen LogP contribution in [0.3, 0.4) is 0 Å². The molecule has 0 aliphatic carbocycles. The van der Waals surface area contributed by atoms with Crippen molar-refractivity contribution in [1.29, 1.82) is 0 Å². The van der Waals surface area contributed by atoms with Crippen LogP contribution in [-0.4, -0.2) is 36.8 Å². The highest BCUT2D eigenvalue weighted by atomic mass is 32.2. The molecule has 0 unspecified atom stereocenters. The quantitative estimate of drug-likeness (QED) is 0.276. The molecule has 0 radical (unpaired) electrons. The van der Waals surface area contributed by atoms with E-state index in [1.54, 1.807) is 19.3 Å².